The van der Waals surface area contributed by atoms with Crippen LogP contribution < -0.4 is 4.72 Å². The second kappa shape index (κ2) is 5.09. The predicted octanol–water partition coefficient (Wildman–Crippen LogP) is 1.70. The summed E-state index contributed by atoms with van der Waals surface area (Å²) >= 11 is 0. The van der Waals surface area contributed by atoms with Gasteiger partial charge in [-0.05, 0) is 26.0 Å². The maximum Gasteiger partial charge on any atom is 0.267 e. The molecule has 0 spiro atoms. The molecule has 1 N–H and O–H groups in total. The van der Waals surface area contributed by atoms with Crippen molar-refractivity contribution in [1.29, 1.82) is 0 Å². The molecule has 0 amide bonds. The van der Waals surface area contributed by atoms with E-state index in [1.54, 1.807) is 36.7 Å². The number of aromatic nitrogens is 4. The summed E-state index contributed by atoms with van der Waals surface area (Å²) < 4.78 is 34.1. The number of hydrogen-bond acceptors (Lipinski definition) is 6. The molecule has 3 heterocycles. The summed E-state index contributed by atoms with van der Waals surface area (Å²) in [6, 6.07) is 3.34. The minimum atomic E-state index is -3.81. The van der Waals surface area contributed by atoms with Crippen LogP contribution in [-0.2, 0) is 16.4 Å². The molecule has 0 saturated carbocycles. The molecule has 0 aromatic carbocycles. The van der Waals surface area contributed by atoms with Crippen molar-refractivity contribution in [3.8, 4) is 0 Å². The van der Waals surface area contributed by atoms with E-state index in [-0.39, 0.29) is 10.7 Å². The SMILES string of the molecule is CCc1nc2c(NS(=O)(=O)c3c(C)noc3C)cccn2n1. The van der Waals surface area contributed by atoms with E-state index in [2.05, 4.69) is 20.0 Å². The van der Waals surface area contributed by atoms with Crippen LogP contribution in [0, 0.1) is 13.8 Å². The minimum Gasteiger partial charge on any atom is -0.360 e. The van der Waals surface area contributed by atoms with Crippen molar-refractivity contribution >= 4 is 21.4 Å². The summed E-state index contributed by atoms with van der Waals surface area (Å²) in [5.74, 6) is 0.886. The molecule has 0 atom stereocenters. The van der Waals surface area contributed by atoms with Crippen molar-refractivity contribution < 1.29 is 12.9 Å². The van der Waals surface area contributed by atoms with Gasteiger partial charge in [0.1, 0.15) is 5.69 Å². The average Bonchev–Trinajstić information content (AvgIpc) is 3.02. The van der Waals surface area contributed by atoms with Crippen LogP contribution in [-0.4, -0.2) is 28.2 Å². The third-order valence-corrected chi connectivity index (χ3v) is 4.81. The predicted molar refractivity (Wildman–Crippen MR) is 79.2 cm³/mol. The standard InChI is InChI=1S/C13H15N5O3S/c1-4-11-14-13-10(6-5-7-18(13)15-11)17-22(19,20)12-8(2)16-21-9(12)3/h5-7,17H,4H2,1-3H3. The maximum absolute atomic E-state index is 12.6. The highest BCUT2D eigenvalue weighted by Crippen LogP contribution is 2.24. The van der Waals surface area contributed by atoms with Gasteiger partial charge in [-0.3, -0.25) is 4.72 Å². The first-order valence-corrected chi connectivity index (χ1v) is 8.20. The van der Waals surface area contributed by atoms with Crippen LogP contribution in [0.25, 0.3) is 5.65 Å². The number of aryl methyl sites for hydroxylation is 3. The molecule has 8 nitrogen and oxygen atoms in total. The van der Waals surface area contributed by atoms with E-state index >= 15 is 0 Å². The summed E-state index contributed by atoms with van der Waals surface area (Å²) in [4.78, 5) is 4.37. The number of nitrogens with one attached hydrogen (secondary N) is 1. The van der Waals surface area contributed by atoms with E-state index in [0.717, 1.165) is 0 Å². The molecule has 116 valence electrons. The second-order valence-electron chi connectivity index (χ2n) is 4.83. The Balaban J connectivity index is 2.08. The van der Waals surface area contributed by atoms with Crippen molar-refractivity contribution in [1.82, 2.24) is 19.8 Å². The summed E-state index contributed by atoms with van der Waals surface area (Å²) in [6.45, 7) is 5.07. The molecular formula is C13H15N5O3S. The zero-order valence-electron chi connectivity index (χ0n) is 12.4. The molecule has 3 aromatic heterocycles. The molecule has 0 aliphatic rings. The number of pyridine rings is 1. The fraction of sp³-hybridized carbons (Fsp3) is 0.308. The van der Waals surface area contributed by atoms with Crippen molar-refractivity contribution in [3.05, 3.63) is 35.6 Å². The average molecular weight is 321 g/mol. The quantitative estimate of drug-likeness (QED) is 0.784. The number of fused-ring (bicyclic) bond motifs is 1. The van der Waals surface area contributed by atoms with Gasteiger partial charge in [0.05, 0.1) is 5.69 Å². The first-order chi connectivity index (χ1) is 10.4. The van der Waals surface area contributed by atoms with Crippen LogP contribution in [0.4, 0.5) is 5.69 Å². The lowest BCUT2D eigenvalue weighted by Gasteiger charge is -2.07. The second-order valence-corrected chi connectivity index (χ2v) is 6.45. The highest BCUT2D eigenvalue weighted by atomic mass is 32.2. The highest BCUT2D eigenvalue weighted by Gasteiger charge is 2.25. The molecule has 0 aliphatic heterocycles. The smallest absolute Gasteiger partial charge is 0.267 e. The van der Waals surface area contributed by atoms with Gasteiger partial charge in [0, 0.05) is 12.6 Å². The van der Waals surface area contributed by atoms with Gasteiger partial charge < -0.3 is 4.52 Å². The molecule has 3 rings (SSSR count). The van der Waals surface area contributed by atoms with Gasteiger partial charge in [-0.2, -0.15) is 5.10 Å². The fourth-order valence-electron chi connectivity index (χ4n) is 2.23. The van der Waals surface area contributed by atoms with Gasteiger partial charge in [-0.1, -0.05) is 12.1 Å². The topological polar surface area (TPSA) is 102 Å². The van der Waals surface area contributed by atoms with Crippen LogP contribution in [0.3, 0.4) is 0 Å². The van der Waals surface area contributed by atoms with E-state index in [9.17, 15) is 8.42 Å². The van der Waals surface area contributed by atoms with Gasteiger partial charge in [0.15, 0.2) is 22.1 Å². The van der Waals surface area contributed by atoms with Crippen LogP contribution >= 0.6 is 0 Å². The van der Waals surface area contributed by atoms with Crippen LogP contribution in [0.1, 0.15) is 24.2 Å². The van der Waals surface area contributed by atoms with E-state index in [1.807, 2.05) is 6.92 Å². The molecule has 0 saturated heterocycles. The molecule has 0 aliphatic carbocycles. The Morgan fingerprint density at radius 2 is 2.14 bits per heavy atom. The lowest BCUT2D eigenvalue weighted by atomic mass is 10.4. The molecule has 0 fully saturated rings. The Morgan fingerprint density at radius 3 is 2.77 bits per heavy atom. The van der Waals surface area contributed by atoms with Crippen molar-refractivity contribution in [2.45, 2.75) is 32.1 Å². The number of sulfonamides is 1. The van der Waals surface area contributed by atoms with Crippen LogP contribution in [0.2, 0.25) is 0 Å². The summed E-state index contributed by atoms with van der Waals surface area (Å²) in [6.07, 6.45) is 2.38. The molecule has 3 aromatic rings. The molecule has 0 unspecified atom stereocenters. The Hall–Kier alpha value is -2.42. The largest absolute Gasteiger partial charge is 0.360 e. The molecular weight excluding hydrogens is 306 g/mol. The van der Waals surface area contributed by atoms with E-state index in [0.29, 0.717) is 29.3 Å². The van der Waals surface area contributed by atoms with Crippen molar-refractivity contribution in [2.75, 3.05) is 4.72 Å². The van der Waals surface area contributed by atoms with Gasteiger partial charge >= 0.3 is 0 Å². The number of rotatable bonds is 4. The highest BCUT2D eigenvalue weighted by molar-refractivity contribution is 7.92. The van der Waals surface area contributed by atoms with E-state index < -0.39 is 10.0 Å². The Bertz CT molecular complexity index is 922. The number of hydrogen-bond donors (Lipinski definition) is 1. The molecule has 0 radical (unpaired) electrons. The molecule has 9 heteroatoms. The maximum atomic E-state index is 12.6. The summed E-state index contributed by atoms with van der Waals surface area (Å²) in [5, 5.41) is 7.94. The zero-order chi connectivity index (χ0) is 15.9. The first-order valence-electron chi connectivity index (χ1n) is 6.72. The third kappa shape index (κ3) is 2.33. The Kier molecular flexibility index (Phi) is 3.36. The van der Waals surface area contributed by atoms with Gasteiger partial charge in [-0.15, -0.1) is 0 Å². The summed E-state index contributed by atoms with van der Waals surface area (Å²) in [7, 11) is -3.81. The lowest BCUT2D eigenvalue weighted by molar-refractivity contribution is 0.390. The van der Waals surface area contributed by atoms with Crippen molar-refractivity contribution in [3.63, 3.8) is 0 Å². The summed E-state index contributed by atoms with van der Waals surface area (Å²) in [5.41, 5.74) is 1.12. The molecule has 22 heavy (non-hydrogen) atoms. The van der Waals surface area contributed by atoms with Crippen LogP contribution in [0.5, 0.6) is 0 Å². The van der Waals surface area contributed by atoms with Gasteiger partial charge in [0.25, 0.3) is 10.0 Å². The Labute approximate surface area is 127 Å². The molecule has 0 bridgehead atoms. The zero-order valence-corrected chi connectivity index (χ0v) is 13.2. The lowest BCUT2D eigenvalue weighted by Crippen LogP contribution is -2.15. The third-order valence-electron chi connectivity index (χ3n) is 3.20. The van der Waals surface area contributed by atoms with Gasteiger partial charge in [-0.25, -0.2) is 17.9 Å². The monoisotopic (exact) mass is 321 g/mol. The van der Waals surface area contributed by atoms with Gasteiger partial charge in [0.2, 0.25) is 0 Å². The van der Waals surface area contributed by atoms with E-state index in [1.165, 1.54) is 0 Å². The number of anilines is 1. The van der Waals surface area contributed by atoms with E-state index in [4.69, 9.17) is 4.52 Å². The van der Waals surface area contributed by atoms with Crippen LogP contribution in [0.15, 0.2) is 27.7 Å². The minimum absolute atomic E-state index is 0.0460. The fourth-order valence-corrected chi connectivity index (χ4v) is 3.63. The normalized spacial score (nSPS) is 12.0. The Morgan fingerprint density at radius 1 is 1.36 bits per heavy atom. The van der Waals surface area contributed by atoms with Crippen molar-refractivity contribution in [2.24, 2.45) is 0 Å². The number of nitrogens with zero attached hydrogens (tertiary/aromatic N) is 4. The first kappa shape index (κ1) is 14.5.